The van der Waals surface area contributed by atoms with Gasteiger partial charge in [0, 0.05) is 31.9 Å². The Morgan fingerprint density at radius 3 is 3.14 bits per heavy atom. The Hall–Kier alpha value is -1.95. The molecule has 3 rings (SSSR count). The van der Waals surface area contributed by atoms with Gasteiger partial charge in [-0.05, 0) is 18.1 Å². The number of hydrogen-bond acceptors (Lipinski definition) is 4. The minimum Gasteiger partial charge on any atom is -0.378 e. The molecule has 0 radical (unpaired) electrons. The lowest BCUT2D eigenvalue weighted by Crippen LogP contribution is -2.44. The Labute approximate surface area is 123 Å². The molecule has 0 aromatic carbocycles. The van der Waals surface area contributed by atoms with Gasteiger partial charge in [0.15, 0.2) is 0 Å². The molecular weight excluding hydrogens is 270 g/mol. The van der Waals surface area contributed by atoms with Crippen LogP contribution in [-0.2, 0) is 20.7 Å². The summed E-state index contributed by atoms with van der Waals surface area (Å²) in [5.41, 5.74) is 1.05. The largest absolute Gasteiger partial charge is 0.378 e. The Morgan fingerprint density at radius 2 is 2.33 bits per heavy atom. The van der Waals surface area contributed by atoms with Crippen molar-refractivity contribution in [3.63, 3.8) is 0 Å². The first-order chi connectivity index (χ1) is 10.2. The molecule has 2 bridgehead atoms. The lowest BCUT2D eigenvalue weighted by atomic mass is 10.1. The summed E-state index contributed by atoms with van der Waals surface area (Å²) in [4.78, 5) is 30.1. The minimum absolute atomic E-state index is 0.0000550. The molecule has 112 valence electrons. The fourth-order valence-electron chi connectivity index (χ4n) is 2.79. The van der Waals surface area contributed by atoms with Gasteiger partial charge in [-0.1, -0.05) is 6.07 Å². The van der Waals surface area contributed by atoms with E-state index in [2.05, 4.69) is 10.3 Å². The maximum Gasteiger partial charge on any atom is 0.227 e. The number of carbonyl (C=O) groups is 2. The molecular formula is C15H19N3O3. The molecule has 1 N–H and O–H groups in total. The molecule has 2 atom stereocenters. The minimum atomic E-state index is -0.250. The molecule has 0 unspecified atom stereocenters. The third kappa shape index (κ3) is 3.39. The molecule has 0 aliphatic carbocycles. The van der Waals surface area contributed by atoms with Crippen LogP contribution in [0.1, 0.15) is 12.0 Å². The highest BCUT2D eigenvalue weighted by Crippen LogP contribution is 2.15. The van der Waals surface area contributed by atoms with Gasteiger partial charge in [-0.2, -0.15) is 0 Å². The third-order valence-electron chi connectivity index (χ3n) is 3.94. The molecule has 0 spiro atoms. The van der Waals surface area contributed by atoms with Crippen LogP contribution >= 0.6 is 0 Å². The van der Waals surface area contributed by atoms with Crippen LogP contribution in [0.2, 0.25) is 0 Å². The fraction of sp³-hybridized carbons (Fsp3) is 0.533. The molecule has 2 fully saturated rings. The van der Waals surface area contributed by atoms with E-state index in [0.717, 1.165) is 5.56 Å². The number of ether oxygens (including phenoxy) is 1. The van der Waals surface area contributed by atoms with Crippen molar-refractivity contribution in [2.24, 2.45) is 5.92 Å². The summed E-state index contributed by atoms with van der Waals surface area (Å²) in [6.07, 6.45) is 4.62. The van der Waals surface area contributed by atoms with E-state index in [9.17, 15) is 9.59 Å². The van der Waals surface area contributed by atoms with E-state index in [1.807, 2.05) is 12.1 Å². The zero-order valence-corrected chi connectivity index (χ0v) is 11.8. The molecule has 2 amide bonds. The quantitative estimate of drug-likeness (QED) is 0.849. The number of nitrogens with zero attached hydrogens (tertiary/aromatic N) is 2. The highest BCUT2D eigenvalue weighted by molar-refractivity contribution is 5.82. The van der Waals surface area contributed by atoms with Gasteiger partial charge in [-0.15, -0.1) is 0 Å². The number of hydrogen-bond donors (Lipinski definition) is 1. The maximum atomic E-state index is 12.4. The number of rotatable bonds is 3. The van der Waals surface area contributed by atoms with Crippen LogP contribution in [0.4, 0.5) is 0 Å². The standard InChI is InChI=1S/C15H19N3O3/c19-14(4-3-11-2-1-5-16-6-11)18-7-12-9-21-10-13(8-18)17-15(12)20/h1-2,5-6,12-13H,3-4,7-10H2,(H,17,20)/t12-,13+/m1/s1. The van der Waals surface area contributed by atoms with Crippen LogP contribution in [0.25, 0.3) is 0 Å². The molecule has 2 saturated heterocycles. The van der Waals surface area contributed by atoms with Crippen molar-refractivity contribution in [1.82, 2.24) is 15.2 Å². The summed E-state index contributed by atoms with van der Waals surface area (Å²) in [5.74, 6) is -0.160. The van der Waals surface area contributed by atoms with Crippen LogP contribution in [0.15, 0.2) is 24.5 Å². The smallest absolute Gasteiger partial charge is 0.227 e. The summed E-state index contributed by atoms with van der Waals surface area (Å²) in [5, 5.41) is 2.93. The predicted molar refractivity (Wildman–Crippen MR) is 75.4 cm³/mol. The number of aromatic nitrogens is 1. The van der Waals surface area contributed by atoms with Crippen LogP contribution in [-0.4, -0.2) is 54.0 Å². The van der Waals surface area contributed by atoms with Gasteiger partial charge in [0.25, 0.3) is 0 Å². The molecule has 1 aromatic heterocycles. The Morgan fingerprint density at radius 1 is 1.43 bits per heavy atom. The van der Waals surface area contributed by atoms with Gasteiger partial charge in [0.2, 0.25) is 11.8 Å². The maximum absolute atomic E-state index is 12.4. The Balaban J connectivity index is 1.61. The normalized spacial score (nSPS) is 25.1. The second-order valence-corrected chi connectivity index (χ2v) is 5.60. The zero-order valence-electron chi connectivity index (χ0n) is 11.8. The van der Waals surface area contributed by atoms with E-state index >= 15 is 0 Å². The number of fused-ring (bicyclic) bond motifs is 3. The summed E-state index contributed by atoms with van der Waals surface area (Å²) in [7, 11) is 0. The van der Waals surface area contributed by atoms with E-state index in [4.69, 9.17) is 4.74 Å². The highest BCUT2D eigenvalue weighted by Gasteiger charge is 2.34. The molecule has 6 nitrogen and oxygen atoms in total. The van der Waals surface area contributed by atoms with E-state index in [1.54, 1.807) is 17.3 Å². The lowest BCUT2D eigenvalue weighted by molar-refractivity contribution is -0.133. The predicted octanol–water partition coefficient (Wildman–Crippen LogP) is -0.0124. The van der Waals surface area contributed by atoms with E-state index < -0.39 is 0 Å². The average molecular weight is 289 g/mol. The van der Waals surface area contributed by atoms with E-state index in [-0.39, 0.29) is 23.8 Å². The third-order valence-corrected chi connectivity index (χ3v) is 3.94. The second kappa shape index (κ2) is 6.22. The van der Waals surface area contributed by atoms with Crippen LogP contribution in [0.3, 0.4) is 0 Å². The van der Waals surface area contributed by atoms with Crippen molar-refractivity contribution < 1.29 is 14.3 Å². The van der Waals surface area contributed by atoms with Gasteiger partial charge >= 0.3 is 0 Å². The topological polar surface area (TPSA) is 71.5 Å². The van der Waals surface area contributed by atoms with Crippen LogP contribution in [0.5, 0.6) is 0 Å². The summed E-state index contributed by atoms with van der Waals surface area (Å²) in [6, 6.07) is 3.75. The molecule has 1 aromatic rings. The highest BCUT2D eigenvalue weighted by atomic mass is 16.5. The zero-order chi connectivity index (χ0) is 14.7. The summed E-state index contributed by atoms with van der Waals surface area (Å²) >= 11 is 0. The van der Waals surface area contributed by atoms with Gasteiger partial charge in [-0.25, -0.2) is 0 Å². The Kier molecular flexibility index (Phi) is 4.15. The molecule has 6 heteroatoms. The monoisotopic (exact) mass is 289 g/mol. The summed E-state index contributed by atoms with van der Waals surface area (Å²) in [6.45, 7) is 1.87. The Bertz CT molecular complexity index is 520. The number of nitrogens with one attached hydrogen (secondary N) is 1. The number of pyridine rings is 1. The van der Waals surface area contributed by atoms with Gasteiger partial charge in [-0.3, -0.25) is 14.6 Å². The number of carbonyl (C=O) groups excluding carboxylic acids is 2. The number of aryl methyl sites for hydroxylation is 1. The summed E-state index contributed by atoms with van der Waals surface area (Å²) < 4.78 is 5.46. The molecule has 0 saturated carbocycles. The van der Waals surface area contributed by atoms with Gasteiger partial charge in [0.05, 0.1) is 25.2 Å². The fourth-order valence-corrected chi connectivity index (χ4v) is 2.79. The average Bonchev–Trinajstić information content (AvgIpc) is 2.74. The molecule has 2 aliphatic rings. The van der Waals surface area contributed by atoms with Crippen LogP contribution in [0, 0.1) is 5.92 Å². The first-order valence-corrected chi connectivity index (χ1v) is 7.27. The first-order valence-electron chi connectivity index (χ1n) is 7.27. The van der Waals surface area contributed by atoms with Crippen molar-refractivity contribution in [2.75, 3.05) is 26.3 Å². The van der Waals surface area contributed by atoms with Crippen molar-refractivity contribution in [1.29, 1.82) is 0 Å². The van der Waals surface area contributed by atoms with Gasteiger partial charge < -0.3 is 15.0 Å². The lowest BCUT2D eigenvalue weighted by Gasteiger charge is -2.27. The molecule has 2 aliphatic heterocycles. The van der Waals surface area contributed by atoms with Crippen molar-refractivity contribution in [3.8, 4) is 0 Å². The SMILES string of the molecule is O=C1N[C@@H]2COC[C@H]1CN(C(=O)CCc1cccnc1)C2. The second-order valence-electron chi connectivity index (χ2n) is 5.60. The van der Waals surface area contributed by atoms with E-state index in [1.165, 1.54) is 0 Å². The van der Waals surface area contributed by atoms with Crippen molar-refractivity contribution >= 4 is 11.8 Å². The van der Waals surface area contributed by atoms with Crippen molar-refractivity contribution in [2.45, 2.75) is 18.9 Å². The molecule has 3 heterocycles. The molecule has 21 heavy (non-hydrogen) atoms. The first kappa shape index (κ1) is 14.0. The van der Waals surface area contributed by atoms with E-state index in [0.29, 0.717) is 39.1 Å². The van der Waals surface area contributed by atoms with Gasteiger partial charge in [0.1, 0.15) is 0 Å². The number of amides is 2. The van der Waals surface area contributed by atoms with Crippen LogP contribution < -0.4 is 5.32 Å². The van der Waals surface area contributed by atoms with Crippen molar-refractivity contribution in [3.05, 3.63) is 30.1 Å².